The van der Waals surface area contributed by atoms with Crippen LogP contribution >= 0.6 is 0 Å². The molecule has 0 saturated heterocycles. The number of hydrogen-bond donors (Lipinski definition) is 1. The van der Waals surface area contributed by atoms with Gasteiger partial charge in [0, 0.05) is 11.5 Å². The molecule has 4 nitrogen and oxygen atoms in total. The van der Waals surface area contributed by atoms with Crippen molar-refractivity contribution >= 4 is 16.9 Å². The first-order valence-corrected chi connectivity index (χ1v) is 4.95. The maximum absolute atomic E-state index is 5.64. The Balaban J connectivity index is 2.18. The van der Waals surface area contributed by atoms with Gasteiger partial charge in [0.2, 0.25) is 5.88 Å². The fourth-order valence-corrected chi connectivity index (χ4v) is 1.69. The lowest BCUT2D eigenvalue weighted by atomic mass is 10.2. The molecule has 0 fully saturated rings. The SMILES string of the molecule is Cc1ccc2oc(-c3cc(N)on3)cc2c1. The number of nitrogens with zero attached hydrogens (tertiary/aromatic N) is 1. The Hall–Kier alpha value is -2.23. The molecule has 4 heteroatoms. The van der Waals surface area contributed by atoms with Crippen molar-refractivity contribution < 1.29 is 8.94 Å². The fraction of sp³-hybridized carbons (Fsp3) is 0.0833. The van der Waals surface area contributed by atoms with Crippen molar-refractivity contribution in [1.29, 1.82) is 0 Å². The Bertz CT molecular complexity index is 652. The normalized spacial score (nSPS) is 11.1. The van der Waals surface area contributed by atoms with Gasteiger partial charge in [0.05, 0.1) is 0 Å². The third-order valence-corrected chi connectivity index (χ3v) is 2.45. The summed E-state index contributed by atoms with van der Waals surface area (Å²) in [6.07, 6.45) is 0. The van der Waals surface area contributed by atoms with Crippen molar-refractivity contribution in [2.45, 2.75) is 6.92 Å². The van der Waals surface area contributed by atoms with Crippen LogP contribution in [0.3, 0.4) is 0 Å². The maximum atomic E-state index is 5.64. The Morgan fingerprint density at radius 3 is 2.81 bits per heavy atom. The molecule has 3 rings (SSSR count). The van der Waals surface area contributed by atoms with Crippen LogP contribution in [-0.4, -0.2) is 5.16 Å². The number of nitrogen functional groups attached to an aromatic ring is 1. The molecule has 3 aromatic rings. The first kappa shape index (κ1) is 9.03. The van der Waals surface area contributed by atoms with E-state index in [1.165, 1.54) is 5.56 Å². The van der Waals surface area contributed by atoms with Gasteiger partial charge in [-0.15, -0.1) is 0 Å². The highest BCUT2D eigenvalue weighted by molar-refractivity contribution is 5.82. The van der Waals surface area contributed by atoms with E-state index >= 15 is 0 Å². The van der Waals surface area contributed by atoms with Gasteiger partial charge >= 0.3 is 0 Å². The van der Waals surface area contributed by atoms with E-state index in [1.807, 2.05) is 25.1 Å². The summed E-state index contributed by atoms with van der Waals surface area (Å²) in [6, 6.07) is 9.58. The minimum absolute atomic E-state index is 0.284. The van der Waals surface area contributed by atoms with Crippen LogP contribution in [0.15, 0.2) is 39.3 Å². The zero-order chi connectivity index (χ0) is 11.1. The minimum Gasteiger partial charge on any atom is -0.454 e. The zero-order valence-electron chi connectivity index (χ0n) is 8.73. The van der Waals surface area contributed by atoms with Gasteiger partial charge in [-0.05, 0) is 25.1 Å². The van der Waals surface area contributed by atoms with E-state index < -0.39 is 0 Å². The summed E-state index contributed by atoms with van der Waals surface area (Å²) in [4.78, 5) is 0. The van der Waals surface area contributed by atoms with Crippen LogP contribution in [0.25, 0.3) is 22.4 Å². The molecule has 0 aliphatic carbocycles. The minimum atomic E-state index is 0.284. The fourth-order valence-electron chi connectivity index (χ4n) is 1.69. The molecule has 2 heterocycles. The first-order chi connectivity index (χ1) is 7.72. The molecule has 0 amide bonds. The van der Waals surface area contributed by atoms with Gasteiger partial charge in [0.25, 0.3) is 0 Å². The summed E-state index contributed by atoms with van der Waals surface area (Å²) in [7, 11) is 0. The number of hydrogen-bond acceptors (Lipinski definition) is 4. The molecule has 2 N–H and O–H groups in total. The van der Waals surface area contributed by atoms with Crippen molar-refractivity contribution in [2.24, 2.45) is 0 Å². The number of benzene rings is 1. The van der Waals surface area contributed by atoms with Crippen LogP contribution in [-0.2, 0) is 0 Å². The average molecular weight is 214 g/mol. The lowest BCUT2D eigenvalue weighted by molar-refractivity contribution is 0.436. The van der Waals surface area contributed by atoms with Gasteiger partial charge in [0.1, 0.15) is 5.58 Å². The van der Waals surface area contributed by atoms with Crippen LogP contribution in [0.5, 0.6) is 0 Å². The van der Waals surface area contributed by atoms with Gasteiger partial charge in [-0.3, -0.25) is 0 Å². The molecule has 0 aliphatic heterocycles. The summed E-state index contributed by atoms with van der Waals surface area (Å²) in [6.45, 7) is 2.04. The Kier molecular flexibility index (Phi) is 1.77. The van der Waals surface area contributed by atoms with Gasteiger partial charge in [-0.1, -0.05) is 16.8 Å². The van der Waals surface area contributed by atoms with Crippen molar-refractivity contribution in [1.82, 2.24) is 5.16 Å². The topological polar surface area (TPSA) is 65.2 Å². The van der Waals surface area contributed by atoms with Crippen LogP contribution in [0.1, 0.15) is 5.56 Å². The predicted molar refractivity (Wildman–Crippen MR) is 60.9 cm³/mol. The summed E-state index contributed by atoms with van der Waals surface area (Å²) in [5.41, 5.74) is 8.11. The summed E-state index contributed by atoms with van der Waals surface area (Å²) >= 11 is 0. The number of furan rings is 1. The van der Waals surface area contributed by atoms with E-state index in [9.17, 15) is 0 Å². The van der Waals surface area contributed by atoms with Crippen LogP contribution in [0.4, 0.5) is 5.88 Å². The molecule has 0 bridgehead atoms. The number of aromatic nitrogens is 1. The second-order valence-electron chi connectivity index (χ2n) is 3.77. The van der Waals surface area contributed by atoms with E-state index in [-0.39, 0.29) is 5.88 Å². The Morgan fingerprint density at radius 2 is 2.06 bits per heavy atom. The van der Waals surface area contributed by atoms with Crippen molar-refractivity contribution in [3.05, 3.63) is 35.9 Å². The molecule has 0 unspecified atom stereocenters. The monoisotopic (exact) mass is 214 g/mol. The lowest BCUT2D eigenvalue weighted by Crippen LogP contribution is -1.75. The van der Waals surface area contributed by atoms with E-state index in [0.717, 1.165) is 11.0 Å². The zero-order valence-corrected chi connectivity index (χ0v) is 8.73. The number of fused-ring (bicyclic) bond motifs is 1. The predicted octanol–water partition coefficient (Wildman–Crippen LogP) is 2.98. The van der Waals surface area contributed by atoms with E-state index in [0.29, 0.717) is 11.5 Å². The molecule has 16 heavy (non-hydrogen) atoms. The largest absolute Gasteiger partial charge is 0.454 e. The molecule has 0 saturated carbocycles. The number of nitrogens with two attached hydrogens (primary N) is 1. The molecular weight excluding hydrogens is 204 g/mol. The Labute approximate surface area is 91.6 Å². The average Bonchev–Trinajstić information content (AvgIpc) is 2.83. The summed E-state index contributed by atoms with van der Waals surface area (Å²) in [5, 5.41) is 4.86. The smallest absolute Gasteiger partial charge is 0.222 e. The number of anilines is 1. The van der Waals surface area contributed by atoms with Crippen LogP contribution < -0.4 is 5.73 Å². The lowest BCUT2D eigenvalue weighted by Gasteiger charge is -1.89. The number of aryl methyl sites for hydroxylation is 1. The van der Waals surface area contributed by atoms with Gasteiger partial charge < -0.3 is 14.7 Å². The molecule has 0 atom stereocenters. The summed E-state index contributed by atoms with van der Waals surface area (Å²) in [5.74, 6) is 0.952. The highest BCUT2D eigenvalue weighted by atomic mass is 16.5. The van der Waals surface area contributed by atoms with Gasteiger partial charge in [-0.2, -0.15) is 0 Å². The van der Waals surface area contributed by atoms with Crippen molar-refractivity contribution in [2.75, 3.05) is 5.73 Å². The van der Waals surface area contributed by atoms with Crippen molar-refractivity contribution in [3.63, 3.8) is 0 Å². The third-order valence-electron chi connectivity index (χ3n) is 2.45. The van der Waals surface area contributed by atoms with Crippen LogP contribution in [0, 0.1) is 6.92 Å². The van der Waals surface area contributed by atoms with E-state index in [4.69, 9.17) is 14.7 Å². The maximum Gasteiger partial charge on any atom is 0.222 e. The van der Waals surface area contributed by atoms with Crippen molar-refractivity contribution in [3.8, 4) is 11.5 Å². The molecule has 1 aromatic carbocycles. The molecule has 80 valence electrons. The Morgan fingerprint density at radius 1 is 1.19 bits per heavy atom. The van der Waals surface area contributed by atoms with E-state index in [2.05, 4.69) is 11.2 Å². The first-order valence-electron chi connectivity index (χ1n) is 4.95. The molecule has 2 aromatic heterocycles. The molecule has 0 spiro atoms. The number of rotatable bonds is 1. The highest BCUT2D eigenvalue weighted by Gasteiger charge is 2.10. The highest BCUT2D eigenvalue weighted by Crippen LogP contribution is 2.28. The second-order valence-corrected chi connectivity index (χ2v) is 3.77. The second kappa shape index (κ2) is 3.13. The standard InChI is InChI=1S/C12H10N2O2/c1-7-2-3-10-8(4-7)5-11(15-10)9-6-12(13)16-14-9/h2-6H,13H2,1H3. The third kappa shape index (κ3) is 1.35. The van der Waals surface area contributed by atoms with Crippen LogP contribution in [0.2, 0.25) is 0 Å². The quantitative estimate of drug-likeness (QED) is 0.676. The molecule has 0 aliphatic rings. The van der Waals surface area contributed by atoms with Gasteiger partial charge in [0.15, 0.2) is 11.5 Å². The van der Waals surface area contributed by atoms with Gasteiger partial charge in [-0.25, -0.2) is 0 Å². The molecular formula is C12H10N2O2. The summed E-state index contributed by atoms with van der Waals surface area (Å²) < 4.78 is 10.5. The van der Waals surface area contributed by atoms with E-state index in [1.54, 1.807) is 6.07 Å². The molecule has 0 radical (unpaired) electrons.